The van der Waals surface area contributed by atoms with Crippen LogP contribution in [0.2, 0.25) is 5.02 Å². The van der Waals surface area contributed by atoms with Crippen LogP contribution in [-0.2, 0) is 6.54 Å². The highest BCUT2D eigenvalue weighted by atomic mass is 35.5. The normalized spacial score (nSPS) is 17.9. The Morgan fingerprint density at radius 1 is 1.40 bits per heavy atom. The second-order valence-corrected chi connectivity index (χ2v) is 5.64. The van der Waals surface area contributed by atoms with E-state index < -0.39 is 11.2 Å². The monoisotopic (exact) mass is 301 g/mol. The summed E-state index contributed by atoms with van der Waals surface area (Å²) in [5.74, 6) is 0. The van der Waals surface area contributed by atoms with Crippen LogP contribution in [0.3, 0.4) is 0 Å². The Hall–Kier alpha value is -1.11. The second-order valence-electron chi connectivity index (χ2n) is 5.26. The smallest absolute Gasteiger partial charge is 0.287 e. The van der Waals surface area contributed by atoms with Gasteiger partial charge in [0.15, 0.2) is 0 Å². The molecule has 0 unspecified atom stereocenters. The maximum Gasteiger partial charge on any atom is 0.287 e. The standard InChI is InChI=1S/C13H20ClN3O3/c14-11-10(8-16-17(6-7-18)12(11)19)15-9-13(20)4-2-1-3-5-13/h8,15,18,20H,1-7,9H2. The van der Waals surface area contributed by atoms with E-state index >= 15 is 0 Å². The zero-order valence-corrected chi connectivity index (χ0v) is 12.1. The van der Waals surface area contributed by atoms with Crippen LogP contribution in [0.5, 0.6) is 0 Å². The topological polar surface area (TPSA) is 87.4 Å². The van der Waals surface area contributed by atoms with E-state index in [1.54, 1.807) is 0 Å². The maximum absolute atomic E-state index is 11.9. The number of nitrogens with zero attached hydrogens (tertiary/aromatic N) is 2. The summed E-state index contributed by atoms with van der Waals surface area (Å²) in [4.78, 5) is 11.9. The second kappa shape index (κ2) is 6.56. The van der Waals surface area contributed by atoms with Gasteiger partial charge in [0, 0.05) is 6.54 Å². The van der Waals surface area contributed by atoms with Gasteiger partial charge in [0.25, 0.3) is 5.56 Å². The predicted molar refractivity (Wildman–Crippen MR) is 77.1 cm³/mol. The fourth-order valence-corrected chi connectivity index (χ4v) is 2.70. The Bertz CT molecular complexity index is 512. The van der Waals surface area contributed by atoms with Gasteiger partial charge in [-0.25, -0.2) is 4.68 Å². The number of nitrogens with one attached hydrogen (secondary N) is 1. The van der Waals surface area contributed by atoms with Gasteiger partial charge in [-0.2, -0.15) is 5.10 Å². The SMILES string of the molecule is O=c1c(Cl)c(NCC2(O)CCCCC2)cnn1CCO. The average Bonchev–Trinajstić information content (AvgIpc) is 2.44. The van der Waals surface area contributed by atoms with E-state index in [-0.39, 0.29) is 18.2 Å². The van der Waals surface area contributed by atoms with Crippen LogP contribution in [0.15, 0.2) is 11.0 Å². The van der Waals surface area contributed by atoms with Gasteiger partial charge in [-0.1, -0.05) is 30.9 Å². The molecule has 0 atom stereocenters. The zero-order valence-electron chi connectivity index (χ0n) is 11.3. The summed E-state index contributed by atoms with van der Waals surface area (Å²) in [5, 5.41) is 26.2. The van der Waals surface area contributed by atoms with Crippen molar-refractivity contribution in [3.63, 3.8) is 0 Å². The molecule has 3 N–H and O–H groups in total. The van der Waals surface area contributed by atoms with Crippen LogP contribution in [0, 0.1) is 0 Å². The van der Waals surface area contributed by atoms with Crippen molar-refractivity contribution in [3.8, 4) is 0 Å². The third-order valence-corrected chi connectivity index (χ3v) is 4.05. The summed E-state index contributed by atoms with van der Waals surface area (Å²) in [6, 6.07) is 0. The zero-order chi connectivity index (χ0) is 14.6. The molecule has 20 heavy (non-hydrogen) atoms. The molecule has 6 nitrogen and oxygen atoms in total. The van der Waals surface area contributed by atoms with Crippen molar-refractivity contribution >= 4 is 17.3 Å². The van der Waals surface area contributed by atoms with Gasteiger partial charge >= 0.3 is 0 Å². The summed E-state index contributed by atoms with van der Waals surface area (Å²) in [7, 11) is 0. The van der Waals surface area contributed by atoms with E-state index in [0.717, 1.165) is 36.8 Å². The Morgan fingerprint density at radius 2 is 2.10 bits per heavy atom. The summed E-state index contributed by atoms with van der Waals surface area (Å²) in [5.41, 5.74) is -0.757. The molecule has 0 amide bonds. The molecule has 7 heteroatoms. The number of anilines is 1. The molecule has 0 saturated heterocycles. The molecule has 1 aromatic rings. The van der Waals surface area contributed by atoms with E-state index in [0.29, 0.717) is 12.2 Å². The molecule has 0 radical (unpaired) electrons. The highest BCUT2D eigenvalue weighted by molar-refractivity contribution is 6.32. The quantitative estimate of drug-likeness (QED) is 0.755. The van der Waals surface area contributed by atoms with Crippen molar-refractivity contribution in [2.75, 3.05) is 18.5 Å². The lowest BCUT2D eigenvalue weighted by atomic mass is 9.85. The molecular formula is C13H20ClN3O3. The van der Waals surface area contributed by atoms with E-state index in [9.17, 15) is 9.90 Å². The number of aliphatic hydroxyl groups excluding tert-OH is 1. The van der Waals surface area contributed by atoms with Crippen LogP contribution < -0.4 is 10.9 Å². The van der Waals surface area contributed by atoms with E-state index in [1.165, 1.54) is 6.20 Å². The van der Waals surface area contributed by atoms with E-state index in [4.69, 9.17) is 16.7 Å². The van der Waals surface area contributed by atoms with Gasteiger partial charge in [0.2, 0.25) is 0 Å². The average molecular weight is 302 g/mol. The summed E-state index contributed by atoms with van der Waals surface area (Å²) in [6.07, 6.45) is 6.15. The van der Waals surface area contributed by atoms with Crippen molar-refractivity contribution < 1.29 is 10.2 Å². The third-order valence-electron chi connectivity index (χ3n) is 3.69. The lowest BCUT2D eigenvalue weighted by Gasteiger charge is -2.32. The fourth-order valence-electron chi connectivity index (χ4n) is 2.49. The molecule has 1 aliphatic carbocycles. The highest BCUT2D eigenvalue weighted by Gasteiger charge is 2.29. The molecule has 1 aromatic heterocycles. The molecular weight excluding hydrogens is 282 g/mol. The number of halogens is 1. The van der Waals surface area contributed by atoms with Crippen LogP contribution in [0.4, 0.5) is 5.69 Å². The Labute approximate surface area is 122 Å². The number of rotatable bonds is 5. The molecule has 1 aliphatic rings. The minimum atomic E-state index is -0.735. The first kappa shape index (κ1) is 15.3. The van der Waals surface area contributed by atoms with Crippen molar-refractivity contribution in [1.29, 1.82) is 0 Å². The molecule has 0 bridgehead atoms. The Balaban J connectivity index is 2.06. The lowest BCUT2D eigenvalue weighted by Crippen LogP contribution is -2.39. The van der Waals surface area contributed by atoms with Crippen LogP contribution in [0.1, 0.15) is 32.1 Å². The largest absolute Gasteiger partial charge is 0.394 e. The third kappa shape index (κ3) is 3.50. The lowest BCUT2D eigenvalue weighted by molar-refractivity contribution is 0.0167. The molecule has 2 rings (SSSR count). The van der Waals surface area contributed by atoms with Crippen LogP contribution in [0.25, 0.3) is 0 Å². The summed E-state index contributed by atoms with van der Waals surface area (Å²) in [6.45, 7) is 0.302. The molecule has 0 aromatic carbocycles. The first-order valence-electron chi connectivity index (χ1n) is 6.88. The molecule has 1 heterocycles. The van der Waals surface area contributed by atoms with Crippen molar-refractivity contribution in [2.45, 2.75) is 44.2 Å². The van der Waals surface area contributed by atoms with Gasteiger partial charge in [-0.05, 0) is 12.8 Å². The number of hydrogen-bond acceptors (Lipinski definition) is 5. The fraction of sp³-hybridized carbons (Fsp3) is 0.692. The van der Waals surface area contributed by atoms with Crippen molar-refractivity contribution in [1.82, 2.24) is 9.78 Å². The van der Waals surface area contributed by atoms with Gasteiger partial charge < -0.3 is 15.5 Å². The van der Waals surface area contributed by atoms with Crippen LogP contribution in [-0.4, -0.2) is 38.7 Å². The maximum atomic E-state index is 11.9. The molecule has 1 saturated carbocycles. The van der Waals surface area contributed by atoms with Gasteiger partial charge in [0.05, 0.1) is 30.6 Å². The minimum Gasteiger partial charge on any atom is -0.394 e. The molecule has 0 spiro atoms. The Kier molecular flexibility index (Phi) is 5.01. The van der Waals surface area contributed by atoms with E-state index in [2.05, 4.69) is 10.4 Å². The van der Waals surface area contributed by atoms with Gasteiger partial charge in [-0.3, -0.25) is 4.79 Å². The van der Waals surface area contributed by atoms with Gasteiger partial charge in [0.1, 0.15) is 5.02 Å². The number of hydrogen-bond donors (Lipinski definition) is 3. The van der Waals surface area contributed by atoms with Crippen LogP contribution >= 0.6 is 11.6 Å². The summed E-state index contributed by atoms with van der Waals surface area (Å²) < 4.78 is 1.11. The first-order valence-corrected chi connectivity index (χ1v) is 7.26. The van der Waals surface area contributed by atoms with Gasteiger partial charge in [-0.15, -0.1) is 0 Å². The van der Waals surface area contributed by atoms with E-state index in [1.807, 2.05) is 0 Å². The molecule has 0 aliphatic heterocycles. The summed E-state index contributed by atoms with van der Waals surface area (Å²) >= 11 is 6.00. The molecule has 112 valence electrons. The van der Waals surface area contributed by atoms with Crippen molar-refractivity contribution in [2.24, 2.45) is 0 Å². The highest BCUT2D eigenvalue weighted by Crippen LogP contribution is 2.28. The Morgan fingerprint density at radius 3 is 2.75 bits per heavy atom. The minimum absolute atomic E-state index is 0.0351. The number of aromatic nitrogens is 2. The molecule has 1 fully saturated rings. The number of aliphatic hydroxyl groups is 2. The van der Waals surface area contributed by atoms with Crippen molar-refractivity contribution in [3.05, 3.63) is 21.6 Å². The first-order chi connectivity index (χ1) is 9.56. The predicted octanol–water partition coefficient (Wildman–Crippen LogP) is 0.996.